The van der Waals surface area contributed by atoms with Crippen LogP contribution in [0.5, 0.6) is 0 Å². The number of thioether (sulfide) groups is 1. The van der Waals surface area contributed by atoms with E-state index in [4.69, 9.17) is 0 Å². The summed E-state index contributed by atoms with van der Waals surface area (Å²) in [6.45, 7) is 5.49. The third kappa shape index (κ3) is 2.88. The Morgan fingerprint density at radius 2 is 2.05 bits per heavy atom. The third-order valence-electron chi connectivity index (χ3n) is 3.26. The predicted octanol–water partition coefficient (Wildman–Crippen LogP) is -3.29. The average molecular weight is 293 g/mol. The van der Waals surface area contributed by atoms with Crippen molar-refractivity contribution < 1.29 is 49.4 Å². The Balaban J connectivity index is 0.00000180. The quantitative estimate of drug-likeness (QED) is 0.434. The van der Waals surface area contributed by atoms with E-state index in [2.05, 4.69) is 0 Å². The molecule has 19 heavy (non-hydrogen) atoms. The maximum Gasteiger partial charge on any atom is 1.00 e. The first-order valence-electron chi connectivity index (χ1n) is 5.97. The van der Waals surface area contributed by atoms with Crippen LogP contribution in [0.4, 0.5) is 0 Å². The fraction of sp³-hybridized carbons (Fsp3) is 0.667. The second-order valence-corrected chi connectivity index (χ2v) is 6.64. The van der Waals surface area contributed by atoms with Gasteiger partial charge in [-0.05, 0) is 6.92 Å². The number of amides is 1. The molecule has 2 aliphatic heterocycles. The van der Waals surface area contributed by atoms with Gasteiger partial charge in [0.25, 0.3) is 0 Å². The molecule has 0 spiro atoms. The Bertz CT molecular complexity index is 435. The first-order valence-corrected chi connectivity index (χ1v) is 6.84. The number of fused-ring (bicyclic) bond motifs is 1. The fourth-order valence-corrected chi connectivity index (χ4v) is 3.74. The van der Waals surface area contributed by atoms with Crippen LogP contribution in [0.1, 0.15) is 27.2 Å². The molecule has 1 fully saturated rings. The van der Waals surface area contributed by atoms with Crippen molar-refractivity contribution in [2.75, 3.05) is 0 Å². The molecule has 0 bridgehead atoms. The summed E-state index contributed by atoms with van der Waals surface area (Å²) in [4.78, 5) is 25.0. The molecule has 0 aromatic heterocycles. The molecule has 2 heterocycles. The number of aliphatic carboxylic acids is 1. The smallest absolute Gasteiger partial charge is 0.543 e. The van der Waals surface area contributed by atoms with E-state index >= 15 is 0 Å². The predicted molar refractivity (Wildman–Crippen MR) is 65.2 cm³/mol. The Kier molecular flexibility index (Phi) is 5.54. The van der Waals surface area contributed by atoms with Crippen LogP contribution in [0.25, 0.3) is 0 Å². The second-order valence-electron chi connectivity index (χ2n) is 4.97. The maximum absolute atomic E-state index is 11.9. The zero-order valence-electron chi connectivity index (χ0n) is 11.5. The molecular formula is C12H16NNaO4S. The maximum atomic E-state index is 11.9. The van der Waals surface area contributed by atoms with Crippen LogP contribution >= 0.6 is 11.8 Å². The van der Waals surface area contributed by atoms with Gasteiger partial charge in [0.05, 0.1) is 29.7 Å². The van der Waals surface area contributed by atoms with Crippen molar-refractivity contribution in [1.29, 1.82) is 0 Å². The molecule has 5 nitrogen and oxygen atoms in total. The molecule has 0 saturated carbocycles. The first-order chi connectivity index (χ1) is 8.34. The topological polar surface area (TPSA) is 80.7 Å². The number of hydrogen-bond donors (Lipinski definition) is 1. The number of aliphatic hydroxyl groups is 1. The number of aliphatic hydroxyl groups excluding tert-OH is 1. The number of hydrogen-bond acceptors (Lipinski definition) is 5. The van der Waals surface area contributed by atoms with Gasteiger partial charge in [0.1, 0.15) is 0 Å². The summed E-state index contributed by atoms with van der Waals surface area (Å²) in [6.07, 6.45) is -0.238. The van der Waals surface area contributed by atoms with E-state index < -0.39 is 18.0 Å². The molecule has 1 saturated heterocycles. The van der Waals surface area contributed by atoms with Crippen LogP contribution in [0.3, 0.4) is 0 Å². The minimum absolute atomic E-state index is 0. The zero-order valence-corrected chi connectivity index (χ0v) is 14.4. The van der Waals surface area contributed by atoms with Gasteiger partial charge in [-0.25, -0.2) is 0 Å². The van der Waals surface area contributed by atoms with Gasteiger partial charge in [0.2, 0.25) is 5.91 Å². The number of rotatable bonds is 4. The monoisotopic (exact) mass is 293 g/mol. The van der Waals surface area contributed by atoms with Crippen LogP contribution < -0.4 is 34.7 Å². The van der Waals surface area contributed by atoms with Gasteiger partial charge in [-0.3, -0.25) is 4.79 Å². The number of nitrogens with zero attached hydrogens (tertiary/aromatic N) is 1. The van der Waals surface area contributed by atoms with Crippen molar-refractivity contribution >= 4 is 23.6 Å². The number of carbonyl (C=O) groups is 2. The number of β-lactam (4-membered cyclic amide) rings is 1. The Morgan fingerprint density at radius 3 is 2.47 bits per heavy atom. The number of carboxylic acids is 1. The molecule has 0 aliphatic carbocycles. The average Bonchev–Trinajstić information content (AvgIpc) is 2.51. The van der Waals surface area contributed by atoms with Gasteiger partial charge in [0, 0.05) is 16.6 Å². The Hall–Kier alpha value is -0.0100. The molecule has 3 atom stereocenters. The molecule has 1 N–H and O–H groups in total. The summed E-state index contributed by atoms with van der Waals surface area (Å²) in [7, 11) is 0. The summed E-state index contributed by atoms with van der Waals surface area (Å²) in [6, 6.07) is -0.216. The molecule has 3 unspecified atom stereocenters. The van der Waals surface area contributed by atoms with Gasteiger partial charge in [-0.2, -0.15) is 0 Å². The van der Waals surface area contributed by atoms with Gasteiger partial charge in [0.15, 0.2) is 0 Å². The second kappa shape index (κ2) is 6.18. The Labute approximate surface area is 138 Å². The van der Waals surface area contributed by atoms with Gasteiger partial charge in [-0.15, -0.1) is 11.8 Å². The zero-order chi connectivity index (χ0) is 13.6. The van der Waals surface area contributed by atoms with Crippen LogP contribution in [-0.4, -0.2) is 39.3 Å². The van der Waals surface area contributed by atoms with Crippen LogP contribution in [0.15, 0.2) is 10.6 Å². The molecule has 100 valence electrons. The minimum Gasteiger partial charge on any atom is -0.543 e. The van der Waals surface area contributed by atoms with Crippen LogP contribution in [-0.2, 0) is 9.59 Å². The van der Waals surface area contributed by atoms with Gasteiger partial charge < -0.3 is 19.9 Å². The van der Waals surface area contributed by atoms with Gasteiger partial charge >= 0.3 is 29.6 Å². The molecular weight excluding hydrogens is 277 g/mol. The normalized spacial score (nSPS) is 27.0. The minimum atomic E-state index is -1.31. The van der Waals surface area contributed by atoms with Crippen molar-refractivity contribution in [3.8, 4) is 0 Å². The number of carbonyl (C=O) groups excluding carboxylic acids is 2. The first kappa shape index (κ1) is 17.0. The molecule has 0 aromatic rings. The summed E-state index contributed by atoms with van der Waals surface area (Å²) in [5.41, 5.74) is 0.000556. The van der Waals surface area contributed by atoms with Crippen LogP contribution in [0.2, 0.25) is 0 Å². The SMILES string of the molecule is CC(C)SC1=C(C(=O)[O-])N2C(=O)C(C(C)O)C2C1.[Na+]. The molecule has 2 aliphatic rings. The van der Waals surface area contributed by atoms with Crippen molar-refractivity contribution in [1.82, 2.24) is 4.90 Å². The van der Waals surface area contributed by atoms with Crippen molar-refractivity contribution in [3.05, 3.63) is 10.6 Å². The summed E-state index contributed by atoms with van der Waals surface area (Å²) in [5.74, 6) is -2.10. The Morgan fingerprint density at radius 1 is 1.47 bits per heavy atom. The third-order valence-corrected chi connectivity index (χ3v) is 4.38. The largest absolute Gasteiger partial charge is 1.00 e. The fourth-order valence-electron chi connectivity index (χ4n) is 2.61. The van der Waals surface area contributed by atoms with Gasteiger partial charge in [-0.1, -0.05) is 13.8 Å². The molecule has 2 rings (SSSR count). The van der Waals surface area contributed by atoms with Crippen molar-refractivity contribution in [2.45, 2.75) is 44.6 Å². The van der Waals surface area contributed by atoms with Crippen molar-refractivity contribution in [3.63, 3.8) is 0 Å². The molecule has 0 radical (unpaired) electrons. The summed E-state index contributed by atoms with van der Waals surface area (Å²) in [5, 5.41) is 21.0. The van der Waals surface area contributed by atoms with E-state index in [0.717, 1.165) is 0 Å². The van der Waals surface area contributed by atoms with E-state index in [-0.39, 0.29) is 52.5 Å². The number of carboxylic acid groups (broad SMARTS) is 1. The van der Waals surface area contributed by atoms with E-state index in [0.29, 0.717) is 11.3 Å². The summed E-state index contributed by atoms with van der Waals surface area (Å²) < 4.78 is 0. The standard InChI is InChI=1S/C12H17NO4S.Na/c1-5(2)18-8-4-7-9(6(3)14)11(15)13(7)10(8)12(16)17;/h5-7,9,14H,4H2,1-3H3,(H,16,17);/q;+1/p-1. The van der Waals surface area contributed by atoms with Crippen LogP contribution in [0, 0.1) is 5.92 Å². The van der Waals surface area contributed by atoms with E-state index in [9.17, 15) is 19.8 Å². The summed E-state index contributed by atoms with van der Waals surface area (Å²) >= 11 is 1.45. The molecule has 0 aromatic carbocycles. The van der Waals surface area contributed by atoms with Crippen molar-refractivity contribution in [2.24, 2.45) is 5.92 Å². The van der Waals surface area contributed by atoms with E-state index in [1.165, 1.54) is 16.7 Å². The van der Waals surface area contributed by atoms with E-state index in [1.807, 2.05) is 13.8 Å². The molecule has 1 amide bonds. The van der Waals surface area contributed by atoms with E-state index in [1.54, 1.807) is 6.92 Å². The molecule has 7 heteroatoms.